The molecule has 2 aromatic heterocycles. The van der Waals surface area contributed by atoms with Crippen LogP contribution < -0.4 is 0 Å². The topological polar surface area (TPSA) is 31.0 Å². The van der Waals surface area contributed by atoms with Gasteiger partial charge in [0.1, 0.15) is 11.3 Å². The number of aromatic nitrogens is 2. The van der Waals surface area contributed by atoms with E-state index in [9.17, 15) is 4.39 Å². The van der Waals surface area contributed by atoms with E-state index in [2.05, 4.69) is 131 Å². The molecular formula is C45H35FN2O. The second-order valence-electron chi connectivity index (χ2n) is 12.0. The lowest BCUT2D eigenvalue weighted by Gasteiger charge is -2.16. The van der Waals surface area contributed by atoms with Gasteiger partial charge in [0.2, 0.25) is 5.89 Å². The van der Waals surface area contributed by atoms with E-state index >= 15 is 0 Å². The van der Waals surface area contributed by atoms with Crippen molar-refractivity contribution in [1.29, 1.82) is 0 Å². The normalized spacial score (nSPS) is 12.1. The van der Waals surface area contributed by atoms with Gasteiger partial charge < -0.3 is 8.98 Å². The zero-order valence-electron chi connectivity index (χ0n) is 27.5. The summed E-state index contributed by atoms with van der Waals surface area (Å²) in [5, 5.41) is 1.34. The van der Waals surface area contributed by atoms with E-state index in [4.69, 9.17) is 4.42 Å². The molecule has 2 heterocycles. The number of aryl methyl sites for hydroxylation is 1. The van der Waals surface area contributed by atoms with Crippen molar-refractivity contribution in [3.05, 3.63) is 163 Å². The van der Waals surface area contributed by atoms with E-state index in [1.54, 1.807) is 6.07 Å². The highest BCUT2D eigenvalue weighted by molar-refractivity contribution is 5.93. The van der Waals surface area contributed by atoms with E-state index < -0.39 is 0 Å². The molecule has 0 radical (unpaired) electrons. The number of benzene rings is 6. The van der Waals surface area contributed by atoms with Crippen molar-refractivity contribution in [3.63, 3.8) is 0 Å². The smallest absolute Gasteiger partial charge is 0.227 e. The van der Waals surface area contributed by atoms with Crippen molar-refractivity contribution in [3.8, 4) is 50.5 Å². The molecule has 0 atom stereocenters. The Morgan fingerprint density at radius 1 is 0.633 bits per heavy atom. The lowest BCUT2D eigenvalue weighted by Crippen LogP contribution is -2.00. The van der Waals surface area contributed by atoms with Gasteiger partial charge in [0, 0.05) is 28.4 Å². The first kappa shape index (κ1) is 30.3. The molecule has 6 aromatic carbocycles. The molecule has 4 heteroatoms. The first-order chi connectivity index (χ1) is 24.2. The zero-order valence-corrected chi connectivity index (χ0v) is 27.5. The molecule has 238 valence electrons. The standard InChI is InChI=1S/C43H29FN2O.C2H6/c44-31-23-26-42-39(27-31)45-43(47-42)30-19-17-28(18-20-30)33-9-1-3-11-35(33)36-12-4-2-10-34(36)29-21-24-32(25-22-29)46-40-15-7-5-13-37(40)38-14-6-8-16-41(38)46;1-2/h1-5,7-13,15-27H,6,14H2;1-2H3. The Morgan fingerprint density at radius 2 is 1.22 bits per heavy atom. The number of para-hydroxylation sites is 1. The third-order valence-electron chi connectivity index (χ3n) is 9.23. The van der Waals surface area contributed by atoms with E-state index in [1.807, 2.05) is 26.0 Å². The summed E-state index contributed by atoms with van der Waals surface area (Å²) in [5.74, 6) is 0.148. The van der Waals surface area contributed by atoms with Crippen molar-refractivity contribution in [2.45, 2.75) is 26.7 Å². The van der Waals surface area contributed by atoms with Gasteiger partial charge in [0.25, 0.3) is 0 Å². The number of oxazole rings is 1. The van der Waals surface area contributed by atoms with Gasteiger partial charge in [-0.3, -0.25) is 0 Å². The summed E-state index contributed by atoms with van der Waals surface area (Å²) >= 11 is 0. The fourth-order valence-corrected chi connectivity index (χ4v) is 7.01. The lowest BCUT2D eigenvalue weighted by atomic mass is 9.89. The van der Waals surface area contributed by atoms with Gasteiger partial charge >= 0.3 is 0 Å². The minimum atomic E-state index is -0.328. The molecule has 0 bridgehead atoms. The van der Waals surface area contributed by atoms with Gasteiger partial charge in [-0.15, -0.1) is 0 Å². The number of rotatable bonds is 5. The third-order valence-corrected chi connectivity index (χ3v) is 9.23. The Labute approximate surface area is 285 Å². The van der Waals surface area contributed by atoms with Crippen LogP contribution in [0.3, 0.4) is 0 Å². The zero-order chi connectivity index (χ0) is 33.3. The summed E-state index contributed by atoms with van der Waals surface area (Å²) in [5.41, 5.74) is 14.0. The number of hydrogen-bond acceptors (Lipinski definition) is 2. The maximum Gasteiger partial charge on any atom is 0.227 e. The molecule has 0 unspecified atom stereocenters. The monoisotopic (exact) mass is 638 g/mol. The van der Waals surface area contributed by atoms with Crippen molar-refractivity contribution in [2.75, 3.05) is 0 Å². The van der Waals surface area contributed by atoms with Crippen molar-refractivity contribution < 1.29 is 8.81 Å². The number of fused-ring (bicyclic) bond motifs is 4. The van der Waals surface area contributed by atoms with Crippen LogP contribution in [-0.2, 0) is 6.42 Å². The molecule has 1 aliphatic carbocycles. The molecule has 8 aromatic rings. The quantitative estimate of drug-likeness (QED) is 0.188. The van der Waals surface area contributed by atoms with Crippen molar-refractivity contribution in [1.82, 2.24) is 9.55 Å². The Balaban J connectivity index is 0.00000171. The maximum atomic E-state index is 13.7. The second-order valence-corrected chi connectivity index (χ2v) is 12.0. The van der Waals surface area contributed by atoms with Gasteiger partial charge in [0.15, 0.2) is 5.58 Å². The van der Waals surface area contributed by atoms with Crippen LogP contribution in [0.4, 0.5) is 4.39 Å². The lowest BCUT2D eigenvalue weighted by molar-refractivity contribution is 0.614. The van der Waals surface area contributed by atoms with Gasteiger partial charge in [0.05, 0.1) is 5.52 Å². The molecule has 49 heavy (non-hydrogen) atoms. The molecule has 0 N–H and O–H groups in total. The van der Waals surface area contributed by atoms with Gasteiger partial charge in [-0.2, -0.15) is 0 Å². The summed E-state index contributed by atoms with van der Waals surface area (Å²) in [6, 6.07) is 47.5. The maximum absolute atomic E-state index is 13.7. The minimum Gasteiger partial charge on any atom is -0.436 e. The average Bonchev–Trinajstić information content (AvgIpc) is 3.75. The van der Waals surface area contributed by atoms with Crippen LogP contribution in [0.1, 0.15) is 31.5 Å². The Bertz CT molecular complexity index is 2460. The third kappa shape index (κ3) is 5.45. The molecule has 0 saturated carbocycles. The molecule has 1 aliphatic rings. The number of halogens is 1. The Hall–Kier alpha value is -6.00. The molecule has 0 amide bonds. The molecule has 9 rings (SSSR count). The van der Waals surface area contributed by atoms with E-state index in [0.717, 1.165) is 35.1 Å². The van der Waals surface area contributed by atoms with Crippen LogP contribution in [0.2, 0.25) is 0 Å². The van der Waals surface area contributed by atoms with Crippen LogP contribution in [0.15, 0.2) is 150 Å². The fourth-order valence-electron chi connectivity index (χ4n) is 7.01. The number of allylic oxidation sites excluding steroid dienone is 1. The molecule has 3 nitrogen and oxygen atoms in total. The van der Waals surface area contributed by atoms with Crippen LogP contribution in [0.25, 0.3) is 78.6 Å². The fraction of sp³-hybridized carbons (Fsp3) is 0.0889. The highest BCUT2D eigenvalue weighted by Crippen LogP contribution is 2.40. The summed E-state index contributed by atoms with van der Waals surface area (Å²) in [6.07, 6.45) is 6.72. The second kappa shape index (κ2) is 12.9. The number of hydrogen-bond donors (Lipinski definition) is 0. The SMILES string of the molecule is CC.Fc1ccc2oc(-c3ccc(-c4ccccc4-c4ccccc4-c4ccc(-n5c6c(c7ccccc75)CCC=C6)cc4)cc3)nc2c1. The van der Waals surface area contributed by atoms with Crippen LogP contribution in [0.5, 0.6) is 0 Å². The summed E-state index contributed by atoms with van der Waals surface area (Å²) in [4.78, 5) is 4.50. The predicted molar refractivity (Wildman–Crippen MR) is 201 cm³/mol. The van der Waals surface area contributed by atoms with Crippen LogP contribution in [0, 0.1) is 5.82 Å². The van der Waals surface area contributed by atoms with Gasteiger partial charge in [-0.25, -0.2) is 9.37 Å². The first-order valence-electron chi connectivity index (χ1n) is 17.0. The van der Waals surface area contributed by atoms with Crippen molar-refractivity contribution >= 4 is 28.1 Å². The Morgan fingerprint density at radius 3 is 1.92 bits per heavy atom. The van der Waals surface area contributed by atoms with Crippen molar-refractivity contribution in [2.24, 2.45) is 0 Å². The first-order valence-corrected chi connectivity index (χ1v) is 17.0. The number of nitrogens with zero attached hydrogens (tertiary/aromatic N) is 2. The predicted octanol–water partition coefficient (Wildman–Crippen LogP) is 12.6. The van der Waals surface area contributed by atoms with Gasteiger partial charge in [-0.1, -0.05) is 111 Å². The molecule has 0 saturated heterocycles. The van der Waals surface area contributed by atoms with Gasteiger partial charge in [-0.05, 0) is 100 Å². The largest absolute Gasteiger partial charge is 0.436 e. The highest BCUT2D eigenvalue weighted by atomic mass is 19.1. The van der Waals surface area contributed by atoms with Crippen LogP contribution >= 0.6 is 0 Å². The molecule has 0 aliphatic heterocycles. The van der Waals surface area contributed by atoms with Crippen LogP contribution in [-0.4, -0.2) is 9.55 Å². The average molecular weight is 639 g/mol. The summed E-state index contributed by atoms with van der Waals surface area (Å²) in [7, 11) is 0. The minimum absolute atomic E-state index is 0.328. The van der Waals surface area contributed by atoms with E-state index in [-0.39, 0.29) is 5.82 Å². The summed E-state index contributed by atoms with van der Waals surface area (Å²) in [6.45, 7) is 4.00. The molecular weight excluding hydrogens is 604 g/mol. The summed E-state index contributed by atoms with van der Waals surface area (Å²) < 4.78 is 22.0. The Kier molecular flexibility index (Phi) is 7.98. The molecule has 0 fully saturated rings. The van der Waals surface area contributed by atoms with E-state index in [0.29, 0.717) is 17.0 Å². The van der Waals surface area contributed by atoms with E-state index in [1.165, 1.54) is 56.7 Å². The highest BCUT2D eigenvalue weighted by Gasteiger charge is 2.19. The molecule has 0 spiro atoms.